The zero-order chi connectivity index (χ0) is 33.1. The van der Waals surface area contributed by atoms with E-state index in [0.717, 1.165) is 11.1 Å². The highest BCUT2D eigenvalue weighted by Crippen LogP contribution is 2.47. The van der Waals surface area contributed by atoms with Gasteiger partial charge in [0.05, 0.1) is 37.5 Å². The van der Waals surface area contributed by atoms with Crippen molar-refractivity contribution in [2.45, 2.75) is 24.5 Å². The molecule has 240 valence electrons. The number of benzene rings is 5. The Morgan fingerprint density at radius 3 is 2.15 bits per heavy atom. The maximum atomic E-state index is 14.8. The lowest BCUT2D eigenvalue weighted by atomic mass is 9.98. The molecule has 0 spiro atoms. The van der Waals surface area contributed by atoms with Crippen molar-refractivity contribution in [2.24, 2.45) is 0 Å². The Kier molecular flexibility index (Phi) is 8.78. The SMILES string of the molecule is COc1ccc(N2C(=O)c3cc(S(=O)(=O)Nc4ccc(C)cc4)ccc3N(Cc3ccccc3)[C@H]2c2cccc(OC)c2OC)cc1. The minimum Gasteiger partial charge on any atom is -0.497 e. The van der Waals surface area contributed by atoms with E-state index in [0.29, 0.717) is 46.4 Å². The Morgan fingerprint density at radius 2 is 1.49 bits per heavy atom. The van der Waals surface area contributed by atoms with Gasteiger partial charge in [0, 0.05) is 23.5 Å². The summed E-state index contributed by atoms with van der Waals surface area (Å²) in [6.45, 7) is 2.32. The first-order valence-electron chi connectivity index (χ1n) is 15.0. The number of rotatable bonds is 10. The molecule has 1 aliphatic rings. The summed E-state index contributed by atoms with van der Waals surface area (Å²) in [5.41, 5.74) is 4.51. The van der Waals surface area contributed by atoms with Crippen molar-refractivity contribution in [1.82, 2.24) is 0 Å². The molecular formula is C37H35N3O6S. The van der Waals surface area contributed by atoms with Crippen LogP contribution in [-0.4, -0.2) is 35.7 Å². The number of methoxy groups -OCH3 is 3. The number of sulfonamides is 1. The molecule has 0 bridgehead atoms. The average molecular weight is 650 g/mol. The lowest BCUT2D eigenvalue weighted by Crippen LogP contribution is -2.49. The van der Waals surface area contributed by atoms with Gasteiger partial charge < -0.3 is 19.1 Å². The largest absolute Gasteiger partial charge is 0.497 e. The smallest absolute Gasteiger partial charge is 0.262 e. The van der Waals surface area contributed by atoms with Crippen LogP contribution in [0, 0.1) is 6.92 Å². The Labute approximate surface area is 275 Å². The number of nitrogens with one attached hydrogen (secondary N) is 1. The van der Waals surface area contributed by atoms with Crippen LogP contribution in [0.5, 0.6) is 17.2 Å². The molecule has 5 aromatic carbocycles. The summed E-state index contributed by atoms with van der Waals surface area (Å²) in [7, 11) is 0.685. The Morgan fingerprint density at radius 1 is 0.766 bits per heavy atom. The number of hydrogen-bond acceptors (Lipinski definition) is 7. The second kappa shape index (κ2) is 13.1. The van der Waals surface area contributed by atoms with Crippen LogP contribution >= 0.6 is 0 Å². The number of ether oxygens (including phenoxy) is 3. The van der Waals surface area contributed by atoms with Crippen molar-refractivity contribution in [1.29, 1.82) is 0 Å². The van der Waals surface area contributed by atoms with Crippen LogP contribution in [0.1, 0.15) is 33.2 Å². The van der Waals surface area contributed by atoms with E-state index in [1.54, 1.807) is 62.6 Å². The molecule has 1 aliphatic heterocycles. The molecule has 10 heteroatoms. The molecule has 0 saturated heterocycles. The topological polar surface area (TPSA) is 97.4 Å². The lowest BCUT2D eigenvalue weighted by molar-refractivity contribution is 0.0967. The van der Waals surface area contributed by atoms with Crippen LogP contribution < -0.4 is 28.7 Å². The molecule has 0 fully saturated rings. The third kappa shape index (κ3) is 6.19. The van der Waals surface area contributed by atoms with Crippen molar-refractivity contribution in [2.75, 3.05) is 35.9 Å². The third-order valence-electron chi connectivity index (χ3n) is 8.14. The van der Waals surface area contributed by atoms with Gasteiger partial charge in [0.25, 0.3) is 15.9 Å². The van der Waals surface area contributed by atoms with Crippen LogP contribution in [0.25, 0.3) is 0 Å². The maximum absolute atomic E-state index is 14.8. The highest BCUT2D eigenvalue weighted by molar-refractivity contribution is 7.92. The molecule has 1 N–H and O–H groups in total. The monoisotopic (exact) mass is 649 g/mol. The number of amides is 1. The van der Waals surface area contributed by atoms with Gasteiger partial charge in [-0.3, -0.25) is 14.4 Å². The summed E-state index contributed by atoms with van der Waals surface area (Å²) < 4.78 is 46.8. The van der Waals surface area contributed by atoms with Gasteiger partial charge in [-0.15, -0.1) is 0 Å². The molecule has 1 heterocycles. The van der Waals surface area contributed by atoms with Crippen molar-refractivity contribution in [3.8, 4) is 17.2 Å². The van der Waals surface area contributed by atoms with E-state index in [-0.39, 0.29) is 16.4 Å². The fourth-order valence-electron chi connectivity index (χ4n) is 5.83. The molecule has 9 nitrogen and oxygen atoms in total. The van der Waals surface area contributed by atoms with Crippen LogP contribution in [0.3, 0.4) is 0 Å². The van der Waals surface area contributed by atoms with Crippen molar-refractivity contribution in [3.63, 3.8) is 0 Å². The first-order chi connectivity index (χ1) is 22.7. The predicted molar refractivity (Wildman–Crippen MR) is 183 cm³/mol. The van der Waals surface area contributed by atoms with Gasteiger partial charge in [-0.1, -0.05) is 60.2 Å². The van der Waals surface area contributed by atoms with E-state index >= 15 is 0 Å². The number of nitrogens with zero attached hydrogens (tertiary/aromatic N) is 2. The minimum atomic E-state index is -4.03. The van der Waals surface area contributed by atoms with Gasteiger partial charge in [0.1, 0.15) is 11.9 Å². The number of para-hydroxylation sites is 1. The fourth-order valence-corrected chi connectivity index (χ4v) is 6.91. The number of fused-ring (bicyclic) bond motifs is 1. The predicted octanol–water partition coefficient (Wildman–Crippen LogP) is 7.19. The second-order valence-electron chi connectivity index (χ2n) is 11.1. The first kappa shape index (κ1) is 31.5. The molecule has 1 amide bonds. The molecule has 5 aromatic rings. The molecule has 0 radical (unpaired) electrons. The summed E-state index contributed by atoms with van der Waals surface area (Å²) in [6, 6.07) is 34.4. The van der Waals surface area contributed by atoms with Gasteiger partial charge in [0.2, 0.25) is 0 Å². The molecule has 0 aromatic heterocycles. The normalized spacial score (nSPS) is 14.4. The highest BCUT2D eigenvalue weighted by atomic mass is 32.2. The van der Waals surface area contributed by atoms with Crippen LogP contribution in [0.15, 0.2) is 120 Å². The number of carbonyl (C=O) groups is 1. The molecule has 47 heavy (non-hydrogen) atoms. The van der Waals surface area contributed by atoms with E-state index in [2.05, 4.69) is 9.62 Å². The summed E-state index contributed by atoms with van der Waals surface area (Å²) in [5.74, 6) is 1.25. The van der Waals surface area contributed by atoms with Crippen molar-refractivity contribution < 1.29 is 27.4 Å². The van der Waals surface area contributed by atoms with Crippen molar-refractivity contribution in [3.05, 3.63) is 138 Å². The fraction of sp³-hybridized carbons (Fsp3) is 0.162. The summed E-state index contributed by atoms with van der Waals surface area (Å²) >= 11 is 0. The molecule has 0 saturated carbocycles. The standard InChI is InChI=1S/C37H35N3O6S/c1-25-13-15-27(16-14-25)38-47(42,43)30-21-22-33-32(23-30)37(41)40(28-17-19-29(44-2)20-18-28)36(39(33)24-26-9-6-5-7-10-26)31-11-8-12-34(45-3)35(31)46-4/h5-23,36,38H,24H2,1-4H3/t36-/m1/s1. The number of aryl methyl sites for hydroxylation is 1. The average Bonchev–Trinajstić information content (AvgIpc) is 3.10. The highest BCUT2D eigenvalue weighted by Gasteiger charge is 2.42. The number of anilines is 3. The summed E-state index contributed by atoms with van der Waals surface area (Å²) in [4.78, 5) is 18.5. The zero-order valence-corrected chi connectivity index (χ0v) is 27.3. The van der Waals surface area contributed by atoms with E-state index in [9.17, 15) is 13.2 Å². The van der Waals surface area contributed by atoms with Gasteiger partial charge in [0.15, 0.2) is 11.5 Å². The second-order valence-corrected chi connectivity index (χ2v) is 12.8. The maximum Gasteiger partial charge on any atom is 0.262 e. The lowest BCUT2D eigenvalue weighted by Gasteiger charge is -2.46. The number of hydrogen-bond donors (Lipinski definition) is 1. The Hall–Kier alpha value is -5.48. The zero-order valence-electron chi connectivity index (χ0n) is 26.5. The van der Waals surface area contributed by atoms with Crippen LogP contribution in [0.2, 0.25) is 0 Å². The molecule has 0 aliphatic carbocycles. The Bertz CT molecular complexity index is 2000. The summed E-state index contributed by atoms with van der Waals surface area (Å²) in [5, 5.41) is 0. The number of carbonyl (C=O) groups excluding carboxylic acids is 1. The molecule has 0 unspecified atom stereocenters. The first-order valence-corrected chi connectivity index (χ1v) is 16.4. The van der Waals surface area contributed by atoms with E-state index in [1.165, 1.54) is 12.1 Å². The van der Waals surface area contributed by atoms with Gasteiger partial charge in [-0.25, -0.2) is 8.42 Å². The van der Waals surface area contributed by atoms with E-state index < -0.39 is 16.2 Å². The van der Waals surface area contributed by atoms with Crippen LogP contribution in [0.4, 0.5) is 17.1 Å². The van der Waals surface area contributed by atoms with E-state index in [1.807, 2.05) is 73.7 Å². The molecular weight excluding hydrogens is 614 g/mol. The molecule has 1 atom stereocenters. The van der Waals surface area contributed by atoms with Gasteiger partial charge in [-0.2, -0.15) is 0 Å². The third-order valence-corrected chi connectivity index (χ3v) is 9.52. The van der Waals surface area contributed by atoms with Gasteiger partial charge in [-0.05, 0) is 73.2 Å². The van der Waals surface area contributed by atoms with Crippen molar-refractivity contribution >= 4 is 33.0 Å². The minimum absolute atomic E-state index is 0.0306. The van der Waals surface area contributed by atoms with Crippen LogP contribution in [-0.2, 0) is 16.6 Å². The van der Waals surface area contributed by atoms with Gasteiger partial charge >= 0.3 is 0 Å². The van der Waals surface area contributed by atoms with E-state index in [4.69, 9.17) is 14.2 Å². The molecule has 6 rings (SSSR count). The Balaban J connectivity index is 1.56. The summed E-state index contributed by atoms with van der Waals surface area (Å²) in [6.07, 6.45) is -0.707. The quantitative estimate of drug-likeness (QED) is 0.171.